The second-order valence-electron chi connectivity index (χ2n) is 3.40. The normalized spacial score (nSPS) is 24.9. The predicted octanol–water partition coefficient (Wildman–Crippen LogP) is 2.26. The molecule has 2 rings (SSSR count). The molecule has 2 unspecified atom stereocenters. The summed E-state index contributed by atoms with van der Waals surface area (Å²) in [6.45, 7) is 1.12. The molecule has 1 aliphatic heterocycles. The molecule has 2 atom stereocenters. The summed E-state index contributed by atoms with van der Waals surface area (Å²) in [5, 5.41) is 5.52. The van der Waals surface area contributed by atoms with Crippen LogP contribution in [0.3, 0.4) is 0 Å². The molecule has 1 aliphatic rings. The minimum Gasteiger partial charge on any atom is -0.322 e. The molecule has 0 saturated carbocycles. The molecule has 1 aromatic rings. The fourth-order valence-electron chi connectivity index (χ4n) is 1.72. The van der Waals surface area contributed by atoms with Crippen molar-refractivity contribution < 1.29 is 0 Å². The molecule has 0 radical (unpaired) electrons. The van der Waals surface area contributed by atoms with Crippen LogP contribution in [-0.2, 0) is 0 Å². The standard InChI is InChI=1S/C9H13BrN2S/c10-6-4-8(13-5-6)9(11)7-2-1-3-12-7/h4-5,7,9,12H,1-3,11H2. The molecular weight excluding hydrogens is 248 g/mol. The van der Waals surface area contributed by atoms with Crippen LogP contribution in [0.4, 0.5) is 0 Å². The van der Waals surface area contributed by atoms with Crippen LogP contribution < -0.4 is 11.1 Å². The van der Waals surface area contributed by atoms with E-state index in [1.165, 1.54) is 17.7 Å². The van der Waals surface area contributed by atoms with Crippen molar-refractivity contribution in [1.82, 2.24) is 5.32 Å². The van der Waals surface area contributed by atoms with E-state index in [9.17, 15) is 0 Å². The second kappa shape index (κ2) is 4.09. The van der Waals surface area contributed by atoms with E-state index in [1.54, 1.807) is 11.3 Å². The quantitative estimate of drug-likeness (QED) is 0.857. The minimum atomic E-state index is 0.166. The Morgan fingerprint density at radius 3 is 3.08 bits per heavy atom. The van der Waals surface area contributed by atoms with Crippen LogP contribution in [0.2, 0.25) is 0 Å². The lowest BCUT2D eigenvalue weighted by atomic mass is 10.1. The van der Waals surface area contributed by atoms with Gasteiger partial charge >= 0.3 is 0 Å². The van der Waals surface area contributed by atoms with Gasteiger partial charge < -0.3 is 11.1 Å². The monoisotopic (exact) mass is 260 g/mol. The van der Waals surface area contributed by atoms with Gasteiger partial charge in [-0.05, 0) is 41.4 Å². The maximum atomic E-state index is 6.14. The van der Waals surface area contributed by atoms with Crippen LogP contribution in [0, 0.1) is 0 Å². The van der Waals surface area contributed by atoms with Crippen LogP contribution in [0.5, 0.6) is 0 Å². The Bertz CT molecular complexity index is 281. The zero-order valence-electron chi connectivity index (χ0n) is 7.29. The van der Waals surface area contributed by atoms with Gasteiger partial charge in [0.15, 0.2) is 0 Å². The number of rotatable bonds is 2. The maximum Gasteiger partial charge on any atom is 0.0546 e. The van der Waals surface area contributed by atoms with Gasteiger partial charge in [-0.1, -0.05) is 0 Å². The Morgan fingerprint density at radius 1 is 1.69 bits per heavy atom. The van der Waals surface area contributed by atoms with Crippen molar-refractivity contribution in [2.45, 2.75) is 24.9 Å². The molecule has 4 heteroatoms. The molecule has 0 aliphatic carbocycles. The lowest BCUT2D eigenvalue weighted by molar-refractivity contribution is 0.506. The van der Waals surface area contributed by atoms with E-state index in [2.05, 4.69) is 32.7 Å². The largest absolute Gasteiger partial charge is 0.322 e. The fourth-order valence-corrected chi connectivity index (χ4v) is 3.23. The average molecular weight is 261 g/mol. The van der Waals surface area contributed by atoms with E-state index in [4.69, 9.17) is 5.73 Å². The van der Waals surface area contributed by atoms with Gasteiger partial charge in [0.05, 0.1) is 6.04 Å². The van der Waals surface area contributed by atoms with Gasteiger partial charge in [0.2, 0.25) is 0 Å². The Balaban J connectivity index is 2.07. The van der Waals surface area contributed by atoms with Gasteiger partial charge in [-0.3, -0.25) is 0 Å². The fraction of sp³-hybridized carbons (Fsp3) is 0.556. The molecular formula is C9H13BrN2S. The van der Waals surface area contributed by atoms with Gasteiger partial charge in [0, 0.05) is 20.8 Å². The van der Waals surface area contributed by atoms with Crippen molar-refractivity contribution >= 4 is 27.3 Å². The third-order valence-electron chi connectivity index (χ3n) is 2.45. The van der Waals surface area contributed by atoms with Gasteiger partial charge in [0.25, 0.3) is 0 Å². The van der Waals surface area contributed by atoms with Crippen molar-refractivity contribution in [3.63, 3.8) is 0 Å². The molecule has 3 N–H and O–H groups in total. The van der Waals surface area contributed by atoms with Crippen LogP contribution >= 0.6 is 27.3 Å². The highest BCUT2D eigenvalue weighted by Crippen LogP contribution is 2.28. The van der Waals surface area contributed by atoms with E-state index in [0.717, 1.165) is 11.0 Å². The van der Waals surface area contributed by atoms with Gasteiger partial charge in [-0.25, -0.2) is 0 Å². The first-order chi connectivity index (χ1) is 6.27. The first-order valence-electron chi connectivity index (χ1n) is 4.50. The number of nitrogens with one attached hydrogen (secondary N) is 1. The van der Waals surface area contributed by atoms with Crippen molar-refractivity contribution in [3.8, 4) is 0 Å². The number of hydrogen-bond donors (Lipinski definition) is 2. The molecule has 13 heavy (non-hydrogen) atoms. The molecule has 1 saturated heterocycles. The molecule has 1 aromatic heterocycles. The van der Waals surface area contributed by atoms with Crippen molar-refractivity contribution in [2.24, 2.45) is 5.73 Å². The van der Waals surface area contributed by atoms with E-state index in [1.807, 2.05) is 0 Å². The third-order valence-corrected chi connectivity index (χ3v) is 4.24. The molecule has 0 amide bonds. The highest BCUT2D eigenvalue weighted by Gasteiger charge is 2.23. The number of nitrogens with two attached hydrogens (primary N) is 1. The molecule has 1 fully saturated rings. The maximum absolute atomic E-state index is 6.14. The van der Waals surface area contributed by atoms with Gasteiger partial charge in [-0.15, -0.1) is 11.3 Å². The summed E-state index contributed by atoms with van der Waals surface area (Å²) >= 11 is 5.18. The zero-order valence-corrected chi connectivity index (χ0v) is 9.70. The predicted molar refractivity (Wildman–Crippen MR) is 60.0 cm³/mol. The molecule has 2 heterocycles. The summed E-state index contributed by atoms with van der Waals surface area (Å²) in [6.07, 6.45) is 2.46. The SMILES string of the molecule is NC(c1cc(Br)cs1)C1CCCN1. The van der Waals surface area contributed by atoms with Crippen LogP contribution in [0.25, 0.3) is 0 Å². The summed E-state index contributed by atoms with van der Waals surface area (Å²) in [5.74, 6) is 0. The van der Waals surface area contributed by atoms with Crippen molar-refractivity contribution in [3.05, 3.63) is 20.8 Å². The van der Waals surface area contributed by atoms with Gasteiger partial charge in [-0.2, -0.15) is 0 Å². The smallest absolute Gasteiger partial charge is 0.0546 e. The topological polar surface area (TPSA) is 38.0 Å². The minimum absolute atomic E-state index is 0.166. The van der Waals surface area contributed by atoms with Crippen molar-refractivity contribution in [2.75, 3.05) is 6.54 Å². The molecule has 0 aromatic carbocycles. The van der Waals surface area contributed by atoms with Crippen molar-refractivity contribution in [1.29, 1.82) is 0 Å². The highest BCUT2D eigenvalue weighted by molar-refractivity contribution is 9.10. The Labute approximate surface area is 90.6 Å². The molecule has 2 nitrogen and oxygen atoms in total. The van der Waals surface area contributed by atoms with E-state index < -0.39 is 0 Å². The summed E-state index contributed by atoms with van der Waals surface area (Å²) in [5.41, 5.74) is 6.14. The lowest BCUT2D eigenvalue weighted by Crippen LogP contribution is -2.33. The van der Waals surface area contributed by atoms with E-state index in [-0.39, 0.29) is 6.04 Å². The first-order valence-corrected chi connectivity index (χ1v) is 6.17. The number of thiophene rings is 1. The first kappa shape index (κ1) is 9.65. The summed E-state index contributed by atoms with van der Waals surface area (Å²) in [6, 6.07) is 2.76. The lowest BCUT2D eigenvalue weighted by Gasteiger charge is -2.17. The summed E-state index contributed by atoms with van der Waals surface area (Å²) in [4.78, 5) is 1.27. The Morgan fingerprint density at radius 2 is 2.54 bits per heavy atom. The number of halogens is 1. The Hall–Kier alpha value is 0.1000. The van der Waals surface area contributed by atoms with Crippen LogP contribution in [-0.4, -0.2) is 12.6 Å². The molecule has 72 valence electrons. The summed E-state index contributed by atoms with van der Waals surface area (Å²) < 4.78 is 1.14. The average Bonchev–Trinajstić information content (AvgIpc) is 2.72. The Kier molecular flexibility index (Phi) is 3.03. The second-order valence-corrected chi connectivity index (χ2v) is 5.25. The summed E-state index contributed by atoms with van der Waals surface area (Å²) in [7, 11) is 0. The van der Waals surface area contributed by atoms with Gasteiger partial charge in [0.1, 0.15) is 0 Å². The van der Waals surface area contributed by atoms with E-state index in [0.29, 0.717) is 6.04 Å². The van der Waals surface area contributed by atoms with E-state index >= 15 is 0 Å². The van der Waals surface area contributed by atoms with Crippen LogP contribution in [0.1, 0.15) is 23.8 Å². The molecule has 0 bridgehead atoms. The highest BCUT2D eigenvalue weighted by atomic mass is 79.9. The third kappa shape index (κ3) is 2.13. The van der Waals surface area contributed by atoms with Crippen LogP contribution in [0.15, 0.2) is 15.9 Å². The zero-order chi connectivity index (χ0) is 9.26. The molecule has 0 spiro atoms. The number of hydrogen-bond acceptors (Lipinski definition) is 3.